The van der Waals surface area contributed by atoms with Crippen LogP contribution in [0.3, 0.4) is 0 Å². The van der Waals surface area contributed by atoms with Gasteiger partial charge in [-0.3, -0.25) is 4.79 Å². The number of nitrogens with one attached hydrogen (secondary N) is 2. The molecule has 164 valence electrons. The lowest BCUT2D eigenvalue weighted by Gasteiger charge is -2.26. The van der Waals surface area contributed by atoms with Gasteiger partial charge in [0.1, 0.15) is 6.54 Å². The molecule has 1 aromatic carbocycles. The molecule has 1 heterocycles. The summed E-state index contributed by atoms with van der Waals surface area (Å²) in [4.78, 5) is 19.9. The number of nitrogens with zero attached hydrogens (tertiary/aromatic N) is 3. The van der Waals surface area contributed by atoms with Crippen molar-refractivity contribution in [3.05, 3.63) is 35.9 Å². The van der Waals surface area contributed by atoms with Crippen molar-refractivity contribution in [3.8, 4) is 0 Å². The molecule has 2 atom stereocenters. The third-order valence-electron chi connectivity index (χ3n) is 4.74. The van der Waals surface area contributed by atoms with E-state index in [1.54, 1.807) is 21.0 Å². The van der Waals surface area contributed by atoms with Gasteiger partial charge in [0, 0.05) is 33.7 Å². The number of guanidine groups is 1. The molecule has 0 saturated carbocycles. The summed E-state index contributed by atoms with van der Waals surface area (Å²) in [5.74, 6) is 0.448. The lowest BCUT2D eigenvalue weighted by Crippen LogP contribution is -2.44. The van der Waals surface area contributed by atoms with E-state index in [9.17, 15) is 13.2 Å². The number of rotatable bonds is 7. The van der Waals surface area contributed by atoms with Crippen molar-refractivity contribution in [1.82, 2.24) is 19.8 Å². The highest BCUT2D eigenvalue weighted by atomic mass is 127. The molecule has 10 heteroatoms. The molecule has 2 unspecified atom stereocenters. The van der Waals surface area contributed by atoms with Crippen molar-refractivity contribution in [2.75, 3.05) is 40.3 Å². The Hall–Kier alpha value is -1.40. The van der Waals surface area contributed by atoms with Gasteiger partial charge in [-0.2, -0.15) is 0 Å². The normalized spacial score (nSPS) is 18.1. The third-order valence-corrected chi connectivity index (χ3v) is 6.69. The molecular formula is C19H32IN5O3S. The van der Waals surface area contributed by atoms with E-state index < -0.39 is 15.3 Å². The van der Waals surface area contributed by atoms with Crippen LogP contribution in [-0.4, -0.2) is 75.6 Å². The second-order valence-corrected chi connectivity index (χ2v) is 9.15. The third kappa shape index (κ3) is 7.41. The monoisotopic (exact) mass is 537 g/mol. The number of halogens is 1. The topological polar surface area (TPSA) is 94.1 Å². The zero-order valence-electron chi connectivity index (χ0n) is 17.5. The molecule has 8 nitrogen and oxygen atoms in total. The first-order valence-electron chi connectivity index (χ1n) is 9.54. The van der Waals surface area contributed by atoms with Crippen LogP contribution in [0.4, 0.5) is 0 Å². The van der Waals surface area contributed by atoms with Gasteiger partial charge in [0.05, 0.1) is 11.3 Å². The van der Waals surface area contributed by atoms with E-state index in [0.717, 1.165) is 5.56 Å². The Morgan fingerprint density at radius 1 is 1.31 bits per heavy atom. The summed E-state index contributed by atoms with van der Waals surface area (Å²) >= 11 is 0. The summed E-state index contributed by atoms with van der Waals surface area (Å²) in [6, 6.07) is 9.89. The predicted molar refractivity (Wildman–Crippen MR) is 127 cm³/mol. The fourth-order valence-electron chi connectivity index (χ4n) is 3.03. The van der Waals surface area contributed by atoms with E-state index in [4.69, 9.17) is 0 Å². The molecule has 1 aliphatic rings. The van der Waals surface area contributed by atoms with E-state index in [-0.39, 0.29) is 42.5 Å². The predicted octanol–water partition coefficient (Wildman–Crippen LogP) is 1.41. The molecule has 1 amide bonds. The Bertz CT molecular complexity index is 786. The standard InChI is InChI=1S/C19H31N5O3S.HI/c1-5-21-28(26,27)17-11-12-24(14-17)19(20-13-18(25)23(3)4)22-15(2)16-9-7-6-8-10-16;/h6-10,15,17,21H,5,11-14H2,1-4H3,(H,20,22);1H. The first-order chi connectivity index (χ1) is 13.2. The second kappa shape index (κ2) is 11.7. The second-order valence-electron chi connectivity index (χ2n) is 7.10. The first kappa shape index (κ1) is 25.6. The average molecular weight is 537 g/mol. The molecule has 0 bridgehead atoms. The molecule has 1 saturated heterocycles. The number of aliphatic imine (C=N–C) groups is 1. The van der Waals surface area contributed by atoms with Crippen molar-refractivity contribution in [1.29, 1.82) is 0 Å². The maximum Gasteiger partial charge on any atom is 0.243 e. The van der Waals surface area contributed by atoms with Gasteiger partial charge in [0.15, 0.2) is 5.96 Å². The summed E-state index contributed by atoms with van der Waals surface area (Å²) in [6.07, 6.45) is 0.525. The number of benzene rings is 1. The number of amides is 1. The Morgan fingerprint density at radius 3 is 2.55 bits per heavy atom. The van der Waals surface area contributed by atoms with Crippen LogP contribution in [0.25, 0.3) is 0 Å². The number of carbonyl (C=O) groups is 1. The Kier molecular flexibility index (Phi) is 10.3. The molecule has 1 aliphatic heterocycles. The lowest BCUT2D eigenvalue weighted by molar-refractivity contribution is -0.127. The van der Waals surface area contributed by atoms with E-state index in [1.165, 1.54) is 4.90 Å². The fraction of sp³-hybridized carbons (Fsp3) is 0.579. The summed E-state index contributed by atoms with van der Waals surface area (Å²) in [7, 11) is 0.0224. The Labute approximate surface area is 191 Å². The van der Waals surface area contributed by atoms with Crippen molar-refractivity contribution < 1.29 is 13.2 Å². The molecule has 29 heavy (non-hydrogen) atoms. The van der Waals surface area contributed by atoms with Crippen molar-refractivity contribution in [2.24, 2.45) is 4.99 Å². The summed E-state index contributed by atoms with van der Waals surface area (Å²) in [5, 5.41) is 2.87. The Morgan fingerprint density at radius 2 is 1.97 bits per heavy atom. The molecule has 0 aliphatic carbocycles. The zero-order valence-corrected chi connectivity index (χ0v) is 20.6. The van der Waals surface area contributed by atoms with E-state index in [0.29, 0.717) is 32.0 Å². The van der Waals surface area contributed by atoms with Crippen LogP contribution in [0.15, 0.2) is 35.3 Å². The smallest absolute Gasteiger partial charge is 0.243 e. The minimum Gasteiger partial charge on any atom is -0.350 e. The lowest BCUT2D eigenvalue weighted by atomic mass is 10.1. The maximum atomic E-state index is 12.3. The van der Waals surface area contributed by atoms with Crippen LogP contribution in [-0.2, 0) is 14.8 Å². The maximum absolute atomic E-state index is 12.3. The van der Waals surface area contributed by atoms with Gasteiger partial charge in [-0.1, -0.05) is 37.3 Å². The molecule has 1 aromatic rings. The SMILES string of the molecule is CCNS(=O)(=O)C1CCN(C(=NCC(=O)N(C)C)NC(C)c2ccccc2)C1.I. The number of likely N-dealkylation sites (N-methyl/N-ethyl adjacent to an activating group) is 1. The van der Waals surface area contributed by atoms with Gasteiger partial charge < -0.3 is 15.1 Å². The number of likely N-dealkylation sites (tertiary alicyclic amines) is 1. The van der Waals surface area contributed by atoms with E-state index in [2.05, 4.69) is 15.0 Å². The van der Waals surface area contributed by atoms with Crippen LogP contribution in [0, 0.1) is 0 Å². The largest absolute Gasteiger partial charge is 0.350 e. The highest BCUT2D eigenvalue weighted by Crippen LogP contribution is 2.18. The van der Waals surface area contributed by atoms with Crippen LogP contribution < -0.4 is 10.0 Å². The van der Waals surface area contributed by atoms with Crippen LogP contribution in [0.2, 0.25) is 0 Å². The number of hydrogen-bond donors (Lipinski definition) is 2. The Balaban J connectivity index is 0.00000420. The van der Waals surface area contributed by atoms with Gasteiger partial charge in [0.2, 0.25) is 15.9 Å². The molecule has 0 spiro atoms. The van der Waals surface area contributed by atoms with E-state index >= 15 is 0 Å². The zero-order chi connectivity index (χ0) is 20.7. The van der Waals surface area contributed by atoms with Crippen LogP contribution >= 0.6 is 24.0 Å². The first-order valence-corrected chi connectivity index (χ1v) is 11.1. The van der Waals surface area contributed by atoms with Gasteiger partial charge in [-0.05, 0) is 18.9 Å². The van der Waals surface area contributed by atoms with E-state index in [1.807, 2.05) is 42.2 Å². The molecule has 2 N–H and O–H groups in total. The quantitative estimate of drug-likeness (QED) is 0.312. The van der Waals surface area contributed by atoms with Crippen LogP contribution in [0.1, 0.15) is 31.9 Å². The van der Waals surface area contributed by atoms with Crippen molar-refractivity contribution in [2.45, 2.75) is 31.6 Å². The molecule has 2 rings (SSSR count). The molecule has 0 aromatic heterocycles. The highest BCUT2D eigenvalue weighted by molar-refractivity contribution is 14.0. The average Bonchev–Trinajstić information content (AvgIpc) is 3.16. The number of sulfonamides is 1. The van der Waals surface area contributed by atoms with Crippen LogP contribution in [0.5, 0.6) is 0 Å². The minimum atomic E-state index is -3.35. The van der Waals surface area contributed by atoms with Gasteiger partial charge >= 0.3 is 0 Å². The summed E-state index contributed by atoms with van der Waals surface area (Å²) in [6.45, 7) is 5.09. The molecule has 1 fully saturated rings. The number of hydrogen-bond acceptors (Lipinski definition) is 4. The molecular weight excluding hydrogens is 505 g/mol. The highest BCUT2D eigenvalue weighted by Gasteiger charge is 2.34. The van der Waals surface area contributed by atoms with Gasteiger partial charge in [0.25, 0.3) is 0 Å². The number of carbonyl (C=O) groups excluding carboxylic acids is 1. The summed E-state index contributed by atoms with van der Waals surface area (Å²) < 4.78 is 27.3. The van der Waals surface area contributed by atoms with Crippen molar-refractivity contribution in [3.63, 3.8) is 0 Å². The van der Waals surface area contributed by atoms with Gasteiger partial charge in [-0.25, -0.2) is 18.1 Å². The fourth-order valence-corrected chi connectivity index (χ4v) is 4.46. The van der Waals surface area contributed by atoms with Gasteiger partial charge in [-0.15, -0.1) is 24.0 Å². The van der Waals surface area contributed by atoms with Crippen molar-refractivity contribution >= 4 is 45.9 Å². The molecule has 0 radical (unpaired) electrons. The summed E-state index contributed by atoms with van der Waals surface area (Å²) in [5.41, 5.74) is 1.09. The minimum absolute atomic E-state index is 0.